The third kappa shape index (κ3) is 4.97. The summed E-state index contributed by atoms with van der Waals surface area (Å²) in [6.45, 7) is 5.46. The lowest BCUT2D eigenvalue weighted by Crippen LogP contribution is -2.38. The van der Waals surface area contributed by atoms with Crippen LogP contribution in [-0.4, -0.2) is 24.4 Å². The van der Waals surface area contributed by atoms with Gasteiger partial charge in [-0.2, -0.15) is 0 Å². The van der Waals surface area contributed by atoms with Crippen LogP contribution in [0.3, 0.4) is 0 Å². The molecule has 1 atom stereocenters. The summed E-state index contributed by atoms with van der Waals surface area (Å²) in [6.07, 6.45) is 0. The van der Waals surface area contributed by atoms with E-state index >= 15 is 0 Å². The van der Waals surface area contributed by atoms with E-state index in [1.807, 2.05) is 36.2 Å². The van der Waals surface area contributed by atoms with Gasteiger partial charge >= 0.3 is 0 Å². The van der Waals surface area contributed by atoms with Crippen molar-refractivity contribution in [2.24, 2.45) is 5.92 Å². The molecule has 0 saturated carbocycles. The van der Waals surface area contributed by atoms with Crippen LogP contribution < -0.4 is 5.32 Å². The number of carbonyl (C=O) groups excluding carboxylic acids is 1. The third-order valence-corrected chi connectivity index (χ3v) is 4.50. The largest absolute Gasteiger partial charge is 0.347 e. The number of rotatable bonds is 7. The van der Waals surface area contributed by atoms with Crippen molar-refractivity contribution in [1.82, 2.24) is 10.2 Å². The highest BCUT2D eigenvalue weighted by atomic mass is 32.1. The predicted octanol–water partition coefficient (Wildman–Crippen LogP) is 3.69. The Balaban J connectivity index is 1.88. The van der Waals surface area contributed by atoms with Gasteiger partial charge in [-0.1, -0.05) is 50.2 Å². The molecule has 2 aromatic rings. The number of hydrogen-bond donors (Lipinski definition) is 1. The second-order valence-electron chi connectivity index (χ2n) is 5.96. The van der Waals surface area contributed by atoms with Crippen LogP contribution >= 0.6 is 11.3 Å². The zero-order valence-electron chi connectivity index (χ0n) is 13.5. The SMILES string of the molecule is CC(C)[C@@H](NC(=O)CN(C)Cc1ccccc1)c1cccs1. The maximum atomic E-state index is 12.3. The standard InChI is InChI=1S/C18H24N2OS/c1-14(2)18(16-10-7-11-22-16)19-17(21)13-20(3)12-15-8-5-4-6-9-15/h4-11,14,18H,12-13H2,1-3H3,(H,19,21)/t18-/m1/s1. The molecule has 0 fully saturated rings. The van der Waals surface area contributed by atoms with Gasteiger partial charge in [0, 0.05) is 11.4 Å². The van der Waals surface area contributed by atoms with Gasteiger partial charge in [0.15, 0.2) is 0 Å². The Morgan fingerprint density at radius 1 is 1.18 bits per heavy atom. The second-order valence-corrected chi connectivity index (χ2v) is 6.94. The molecule has 1 aromatic heterocycles. The number of benzene rings is 1. The van der Waals surface area contributed by atoms with Crippen molar-refractivity contribution in [2.75, 3.05) is 13.6 Å². The minimum atomic E-state index is 0.0746. The Bertz CT molecular complexity index is 566. The molecule has 3 nitrogen and oxygen atoms in total. The number of amides is 1. The molecule has 22 heavy (non-hydrogen) atoms. The predicted molar refractivity (Wildman–Crippen MR) is 92.8 cm³/mol. The molecule has 1 amide bonds. The van der Waals surface area contributed by atoms with Crippen molar-refractivity contribution < 1.29 is 4.79 Å². The van der Waals surface area contributed by atoms with Gasteiger partial charge in [-0.3, -0.25) is 9.69 Å². The molecule has 0 saturated heterocycles. The first-order chi connectivity index (χ1) is 10.6. The minimum Gasteiger partial charge on any atom is -0.347 e. The molecule has 118 valence electrons. The Morgan fingerprint density at radius 3 is 2.50 bits per heavy atom. The van der Waals surface area contributed by atoms with E-state index in [-0.39, 0.29) is 11.9 Å². The molecule has 1 aromatic carbocycles. The first-order valence-electron chi connectivity index (χ1n) is 7.61. The monoisotopic (exact) mass is 316 g/mol. The third-order valence-electron chi connectivity index (χ3n) is 3.54. The Hall–Kier alpha value is -1.65. The van der Waals surface area contributed by atoms with Crippen LogP contribution in [0.4, 0.5) is 0 Å². The summed E-state index contributed by atoms with van der Waals surface area (Å²) in [5, 5.41) is 5.22. The van der Waals surface area contributed by atoms with Crippen LogP contribution in [0.15, 0.2) is 47.8 Å². The maximum Gasteiger partial charge on any atom is 0.234 e. The molecule has 0 unspecified atom stereocenters. The summed E-state index contributed by atoms with van der Waals surface area (Å²) in [5.74, 6) is 0.451. The van der Waals surface area contributed by atoms with Crippen molar-refractivity contribution in [3.05, 3.63) is 58.3 Å². The fourth-order valence-corrected chi connectivity index (χ4v) is 3.40. The van der Waals surface area contributed by atoms with Crippen LogP contribution in [0.2, 0.25) is 0 Å². The van der Waals surface area contributed by atoms with Crippen molar-refractivity contribution in [1.29, 1.82) is 0 Å². The van der Waals surface area contributed by atoms with E-state index < -0.39 is 0 Å². The van der Waals surface area contributed by atoms with Crippen LogP contribution in [0, 0.1) is 5.92 Å². The average molecular weight is 316 g/mol. The van der Waals surface area contributed by atoms with Gasteiger partial charge < -0.3 is 5.32 Å². The normalized spacial score (nSPS) is 12.6. The summed E-state index contributed by atoms with van der Waals surface area (Å²) in [6, 6.07) is 14.4. The number of hydrogen-bond acceptors (Lipinski definition) is 3. The zero-order valence-corrected chi connectivity index (χ0v) is 14.3. The highest BCUT2D eigenvalue weighted by molar-refractivity contribution is 7.10. The molecule has 0 aliphatic heterocycles. The summed E-state index contributed by atoms with van der Waals surface area (Å²) >= 11 is 1.69. The zero-order chi connectivity index (χ0) is 15.9. The van der Waals surface area contributed by atoms with Gasteiger partial charge in [-0.15, -0.1) is 11.3 Å². The average Bonchev–Trinajstić information content (AvgIpc) is 2.99. The molecular weight excluding hydrogens is 292 g/mol. The quantitative estimate of drug-likeness (QED) is 0.845. The van der Waals surface area contributed by atoms with Gasteiger partial charge in [0.2, 0.25) is 5.91 Å². The van der Waals surface area contributed by atoms with E-state index in [1.54, 1.807) is 11.3 Å². The van der Waals surface area contributed by atoms with Gasteiger partial charge in [0.05, 0.1) is 12.6 Å². The summed E-state index contributed by atoms with van der Waals surface area (Å²) in [7, 11) is 1.97. The lowest BCUT2D eigenvalue weighted by molar-refractivity contribution is -0.123. The van der Waals surface area contributed by atoms with Gasteiger partial charge in [0.25, 0.3) is 0 Å². The lowest BCUT2D eigenvalue weighted by atomic mass is 10.0. The molecule has 1 N–H and O–H groups in total. The highest BCUT2D eigenvalue weighted by Crippen LogP contribution is 2.25. The minimum absolute atomic E-state index is 0.0746. The number of thiophene rings is 1. The molecule has 2 rings (SSSR count). The van der Waals surface area contributed by atoms with Gasteiger partial charge in [0.1, 0.15) is 0 Å². The Kier molecular flexibility index (Phi) is 6.16. The molecule has 4 heteroatoms. The van der Waals surface area contributed by atoms with Crippen LogP contribution in [0.5, 0.6) is 0 Å². The van der Waals surface area contributed by atoms with E-state index in [9.17, 15) is 4.79 Å². The Labute approximate surface area is 137 Å². The van der Waals surface area contributed by atoms with E-state index in [1.165, 1.54) is 10.4 Å². The molecule has 0 aliphatic carbocycles. The molecule has 0 spiro atoms. The first-order valence-corrected chi connectivity index (χ1v) is 8.49. The van der Waals surface area contributed by atoms with Crippen molar-refractivity contribution in [3.8, 4) is 0 Å². The summed E-state index contributed by atoms with van der Waals surface area (Å²) in [5.41, 5.74) is 1.22. The summed E-state index contributed by atoms with van der Waals surface area (Å²) in [4.78, 5) is 15.6. The van der Waals surface area contributed by atoms with Crippen molar-refractivity contribution >= 4 is 17.2 Å². The van der Waals surface area contributed by atoms with E-state index in [0.29, 0.717) is 12.5 Å². The number of carbonyl (C=O) groups is 1. The van der Waals surface area contributed by atoms with Crippen LogP contribution in [0.1, 0.15) is 30.3 Å². The molecule has 0 aliphatic rings. The lowest BCUT2D eigenvalue weighted by Gasteiger charge is -2.23. The van der Waals surface area contributed by atoms with Gasteiger partial charge in [-0.25, -0.2) is 0 Å². The maximum absolute atomic E-state index is 12.3. The van der Waals surface area contributed by atoms with E-state index in [2.05, 4.69) is 42.7 Å². The topological polar surface area (TPSA) is 32.3 Å². The molecule has 1 heterocycles. The Morgan fingerprint density at radius 2 is 1.91 bits per heavy atom. The molecule has 0 radical (unpaired) electrons. The van der Waals surface area contributed by atoms with Crippen molar-refractivity contribution in [2.45, 2.75) is 26.4 Å². The fraction of sp³-hybridized carbons (Fsp3) is 0.389. The highest BCUT2D eigenvalue weighted by Gasteiger charge is 2.19. The van der Waals surface area contributed by atoms with E-state index in [4.69, 9.17) is 0 Å². The van der Waals surface area contributed by atoms with Crippen LogP contribution in [-0.2, 0) is 11.3 Å². The van der Waals surface area contributed by atoms with E-state index in [0.717, 1.165) is 6.54 Å². The van der Waals surface area contributed by atoms with Crippen LogP contribution in [0.25, 0.3) is 0 Å². The smallest absolute Gasteiger partial charge is 0.234 e. The number of nitrogens with one attached hydrogen (secondary N) is 1. The number of likely N-dealkylation sites (N-methyl/N-ethyl adjacent to an activating group) is 1. The number of nitrogens with zero attached hydrogens (tertiary/aromatic N) is 1. The second kappa shape index (κ2) is 8.11. The fourth-order valence-electron chi connectivity index (χ4n) is 2.45. The van der Waals surface area contributed by atoms with Crippen molar-refractivity contribution in [3.63, 3.8) is 0 Å². The summed E-state index contributed by atoms with van der Waals surface area (Å²) < 4.78 is 0. The molecular formula is C18H24N2OS. The molecule has 0 bridgehead atoms. The first kappa shape index (κ1) is 16.7. The van der Waals surface area contributed by atoms with Gasteiger partial charge in [-0.05, 0) is 30.0 Å².